The van der Waals surface area contributed by atoms with E-state index in [-0.39, 0.29) is 18.2 Å². The van der Waals surface area contributed by atoms with Crippen LogP contribution < -0.4 is 10.6 Å². The highest BCUT2D eigenvalue weighted by atomic mass is 16.4. The molecule has 2 amide bonds. The molecule has 114 valence electrons. The van der Waals surface area contributed by atoms with Crippen molar-refractivity contribution in [3.05, 3.63) is 35.4 Å². The first-order chi connectivity index (χ1) is 9.76. The minimum absolute atomic E-state index is 0.161. The number of carbonyl (C=O) groups excluding carboxylic acids is 2. The Hall–Kier alpha value is -2.37. The van der Waals surface area contributed by atoms with Crippen LogP contribution in [0, 0.1) is 0 Å². The third-order valence-electron chi connectivity index (χ3n) is 3.04. The first-order valence-corrected chi connectivity index (χ1v) is 6.61. The predicted molar refractivity (Wildman–Crippen MR) is 78.0 cm³/mol. The van der Waals surface area contributed by atoms with Gasteiger partial charge in [0.05, 0.1) is 0 Å². The van der Waals surface area contributed by atoms with Crippen LogP contribution in [-0.4, -0.2) is 35.5 Å². The molecular formula is C15H20N2O4. The van der Waals surface area contributed by atoms with Crippen LogP contribution >= 0.6 is 0 Å². The summed E-state index contributed by atoms with van der Waals surface area (Å²) in [7, 11) is 1.55. The van der Waals surface area contributed by atoms with Crippen molar-refractivity contribution in [2.24, 2.45) is 0 Å². The van der Waals surface area contributed by atoms with Gasteiger partial charge in [-0.3, -0.25) is 9.59 Å². The summed E-state index contributed by atoms with van der Waals surface area (Å²) in [6.45, 7) is 2.86. The number of benzene rings is 1. The van der Waals surface area contributed by atoms with Crippen molar-refractivity contribution in [3.8, 4) is 0 Å². The highest BCUT2D eigenvalue weighted by Crippen LogP contribution is 2.09. The maximum atomic E-state index is 11.8. The van der Waals surface area contributed by atoms with Gasteiger partial charge in [-0.25, -0.2) is 4.79 Å². The zero-order chi connectivity index (χ0) is 16.0. The fourth-order valence-electron chi connectivity index (χ4n) is 1.73. The molecule has 1 rings (SSSR count). The quantitative estimate of drug-likeness (QED) is 0.727. The van der Waals surface area contributed by atoms with Gasteiger partial charge in [-0.2, -0.15) is 0 Å². The number of hydrogen-bond donors (Lipinski definition) is 3. The number of carbonyl (C=O) groups is 3. The van der Waals surface area contributed by atoms with Crippen LogP contribution in [0.25, 0.3) is 0 Å². The average Bonchev–Trinajstić information content (AvgIpc) is 2.44. The van der Waals surface area contributed by atoms with E-state index in [0.717, 1.165) is 5.56 Å². The summed E-state index contributed by atoms with van der Waals surface area (Å²) in [6.07, 6.45) is 0.597. The van der Waals surface area contributed by atoms with E-state index in [1.165, 1.54) is 13.8 Å². The van der Waals surface area contributed by atoms with Gasteiger partial charge in [-0.05, 0) is 38.0 Å². The molecule has 0 atom stereocenters. The number of amides is 2. The van der Waals surface area contributed by atoms with E-state index in [1.807, 2.05) is 6.07 Å². The first-order valence-electron chi connectivity index (χ1n) is 6.61. The third kappa shape index (κ3) is 4.91. The minimum Gasteiger partial charge on any atom is -0.480 e. The van der Waals surface area contributed by atoms with Crippen molar-refractivity contribution in [2.75, 3.05) is 7.05 Å². The van der Waals surface area contributed by atoms with Crippen LogP contribution in [0.4, 0.5) is 0 Å². The van der Waals surface area contributed by atoms with Crippen LogP contribution in [0.3, 0.4) is 0 Å². The molecule has 0 saturated heterocycles. The zero-order valence-corrected chi connectivity index (χ0v) is 12.4. The summed E-state index contributed by atoms with van der Waals surface area (Å²) in [5.74, 6) is -1.61. The van der Waals surface area contributed by atoms with E-state index in [4.69, 9.17) is 5.11 Å². The van der Waals surface area contributed by atoms with Crippen molar-refractivity contribution in [2.45, 2.75) is 32.2 Å². The summed E-state index contributed by atoms with van der Waals surface area (Å²) < 4.78 is 0. The highest BCUT2D eigenvalue weighted by molar-refractivity contribution is 5.94. The maximum Gasteiger partial charge on any atom is 0.328 e. The number of aliphatic carboxylic acids is 1. The number of rotatable bonds is 6. The van der Waals surface area contributed by atoms with Crippen molar-refractivity contribution >= 4 is 17.8 Å². The predicted octanol–water partition coefficient (Wildman–Crippen LogP) is 0.958. The molecule has 0 radical (unpaired) electrons. The molecule has 0 aliphatic carbocycles. The lowest BCUT2D eigenvalue weighted by Gasteiger charge is -2.20. The molecule has 3 N–H and O–H groups in total. The normalized spacial score (nSPS) is 10.8. The van der Waals surface area contributed by atoms with E-state index in [2.05, 4.69) is 10.6 Å². The van der Waals surface area contributed by atoms with Crippen LogP contribution in [0.2, 0.25) is 0 Å². The van der Waals surface area contributed by atoms with Crippen LogP contribution in [0.15, 0.2) is 24.3 Å². The molecule has 1 aromatic carbocycles. The number of aryl methyl sites for hydroxylation is 1. The second kappa shape index (κ2) is 6.88. The van der Waals surface area contributed by atoms with E-state index in [9.17, 15) is 14.4 Å². The van der Waals surface area contributed by atoms with Gasteiger partial charge in [0.15, 0.2) is 0 Å². The lowest BCUT2D eigenvalue weighted by atomic mass is 10.0. The Morgan fingerprint density at radius 1 is 1.24 bits per heavy atom. The summed E-state index contributed by atoms with van der Waals surface area (Å²) in [5.41, 5.74) is 0.0850. The van der Waals surface area contributed by atoms with Gasteiger partial charge in [0, 0.05) is 19.0 Å². The molecule has 0 heterocycles. The molecule has 0 spiro atoms. The molecule has 0 aliphatic rings. The number of carboxylic acid groups (broad SMARTS) is 1. The summed E-state index contributed by atoms with van der Waals surface area (Å²) in [4.78, 5) is 34.2. The largest absolute Gasteiger partial charge is 0.480 e. The van der Waals surface area contributed by atoms with Gasteiger partial charge in [0.25, 0.3) is 5.91 Å². The van der Waals surface area contributed by atoms with Crippen LogP contribution in [-0.2, 0) is 16.0 Å². The Morgan fingerprint density at radius 3 is 2.48 bits per heavy atom. The minimum atomic E-state index is -1.29. The second-order valence-corrected chi connectivity index (χ2v) is 5.26. The summed E-state index contributed by atoms with van der Waals surface area (Å²) in [6, 6.07) is 6.98. The maximum absolute atomic E-state index is 11.8. The highest BCUT2D eigenvalue weighted by Gasteiger charge is 2.28. The van der Waals surface area contributed by atoms with Gasteiger partial charge in [0.2, 0.25) is 5.91 Å². The van der Waals surface area contributed by atoms with E-state index in [1.54, 1.807) is 25.2 Å². The van der Waals surface area contributed by atoms with Gasteiger partial charge >= 0.3 is 5.97 Å². The molecule has 0 unspecified atom stereocenters. The number of nitrogens with one attached hydrogen (secondary N) is 2. The number of carboxylic acids is 1. The Labute approximate surface area is 123 Å². The van der Waals surface area contributed by atoms with Crippen LogP contribution in [0.1, 0.15) is 36.2 Å². The molecule has 0 aliphatic heterocycles. The molecule has 0 saturated carbocycles. The monoisotopic (exact) mass is 292 g/mol. The van der Waals surface area contributed by atoms with Crippen molar-refractivity contribution in [3.63, 3.8) is 0 Å². The Morgan fingerprint density at radius 2 is 1.90 bits per heavy atom. The topological polar surface area (TPSA) is 95.5 Å². The fraction of sp³-hybridized carbons (Fsp3) is 0.400. The van der Waals surface area contributed by atoms with Crippen molar-refractivity contribution in [1.29, 1.82) is 0 Å². The molecule has 0 bridgehead atoms. The van der Waals surface area contributed by atoms with Crippen LogP contribution in [0.5, 0.6) is 0 Å². The van der Waals surface area contributed by atoms with E-state index >= 15 is 0 Å². The summed E-state index contributed by atoms with van der Waals surface area (Å²) in [5, 5.41) is 13.9. The summed E-state index contributed by atoms with van der Waals surface area (Å²) >= 11 is 0. The molecule has 6 nitrogen and oxygen atoms in total. The molecule has 6 heteroatoms. The SMILES string of the molecule is CNC(=O)c1cccc(CCC(=O)NC(C)(C)C(=O)O)c1. The second-order valence-electron chi connectivity index (χ2n) is 5.26. The van der Waals surface area contributed by atoms with Gasteiger partial charge in [0.1, 0.15) is 5.54 Å². The van der Waals surface area contributed by atoms with Crippen molar-refractivity contribution in [1.82, 2.24) is 10.6 Å². The number of hydrogen-bond acceptors (Lipinski definition) is 3. The molecule has 21 heavy (non-hydrogen) atoms. The molecule has 0 fully saturated rings. The Balaban J connectivity index is 2.61. The molecule has 0 aromatic heterocycles. The zero-order valence-electron chi connectivity index (χ0n) is 12.4. The smallest absolute Gasteiger partial charge is 0.328 e. The lowest BCUT2D eigenvalue weighted by Crippen LogP contribution is -2.49. The Bertz CT molecular complexity index is 552. The molecular weight excluding hydrogens is 272 g/mol. The lowest BCUT2D eigenvalue weighted by molar-refractivity contribution is -0.146. The standard InChI is InChI=1S/C15H20N2O4/c1-15(2,14(20)21)17-12(18)8-7-10-5-4-6-11(9-10)13(19)16-3/h4-6,9H,7-8H2,1-3H3,(H,16,19)(H,17,18)(H,20,21). The van der Waals surface area contributed by atoms with E-state index in [0.29, 0.717) is 12.0 Å². The van der Waals surface area contributed by atoms with E-state index < -0.39 is 11.5 Å². The van der Waals surface area contributed by atoms with Gasteiger partial charge in [-0.15, -0.1) is 0 Å². The van der Waals surface area contributed by atoms with Gasteiger partial charge < -0.3 is 15.7 Å². The first kappa shape index (κ1) is 16.7. The Kier molecular flexibility index (Phi) is 5.46. The van der Waals surface area contributed by atoms with Crippen molar-refractivity contribution < 1.29 is 19.5 Å². The molecule has 1 aromatic rings. The average molecular weight is 292 g/mol. The third-order valence-corrected chi connectivity index (χ3v) is 3.04. The van der Waals surface area contributed by atoms with Gasteiger partial charge in [-0.1, -0.05) is 12.1 Å². The fourth-order valence-corrected chi connectivity index (χ4v) is 1.73.